The van der Waals surface area contributed by atoms with Crippen molar-refractivity contribution in [2.45, 2.75) is 13.3 Å². The van der Waals surface area contributed by atoms with Crippen molar-refractivity contribution in [3.63, 3.8) is 0 Å². The number of carbonyl (C=O) groups is 1. The standard InChI is InChI=1S/C25H18FN7OS/c1-2-24(34)30-14-5-13(8-27-9-14)18-7-16-21(12-29-18)32-33-25(16)19-6-15-17(10-28-11-20(15)31-19)22-3-4-23(26)35-22/h3-12,31H,2H2,1H3,(H,30,34)(H,32,33). The number of hydrogen-bond donors (Lipinski definition) is 3. The van der Waals surface area contributed by atoms with E-state index in [0.717, 1.165) is 60.5 Å². The first-order chi connectivity index (χ1) is 17.1. The molecule has 0 unspecified atom stereocenters. The molecule has 1 amide bonds. The van der Waals surface area contributed by atoms with Crippen molar-refractivity contribution < 1.29 is 9.18 Å². The zero-order valence-corrected chi connectivity index (χ0v) is 19.3. The van der Waals surface area contributed by atoms with Crippen molar-refractivity contribution >= 4 is 44.7 Å². The predicted molar refractivity (Wildman–Crippen MR) is 134 cm³/mol. The quantitative estimate of drug-likeness (QED) is 0.288. The highest BCUT2D eigenvalue weighted by Crippen LogP contribution is 2.36. The lowest BCUT2D eigenvalue weighted by molar-refractivity contribution is -0.115. The summed E-state index contributed by atoms with van der Waals surface area (Å²) in [5.74, 6) is -0.0811. The van der Waals surface area contributed by atoms with E-state index in [4.69, 9.17) is 0 Å². The number of nitrogens with zero attached hydrogens (tertiary/aromatic N) is 4. The number of amides is 1. The van der Waals surface area contributed by atoms with Crippen molar-refractivity contribution in [3.05, 3.63) is 66.4 Å². The molecule has 35 heavy (non-hydrogen) atoms. The zero-order chi connectivity index (χ0) is 23.9. The number of fused-ring (bicyclic) bond motifs is 2. The Kier molecular flexibility index (Phi) is 5.07. The molecule has 0 atom stereocenters. The first-order valence-electron chi connectivity index (χ1n) is 10.9. The van der Waals surface area contributed by atoms with Crippen LogP contribution in [0, 0.1) is 5.13 Å². The lowest BCUT2D eigenvalue weighted by Gasteiger charge is -2.06. The van der Waals surface area contributed by atoms with Gasteiger partial charge in [-0.05, 0) is 30.3 Å². The molecular weight excluding hydrogens is 465 g/mol. The van der Waals surface area contributed by atoms with E-state index >= 15 is 0 Å². The second-order valence-electron chi connectivity index (χ2n) is 7.99. The highest BCUT2D eigenvalue weighted by Gasteiger charge is 2.16. The molecule has 0 aliphatic heterocycles. The lowest BCUT2D eigenvalue weighted by atomic mass is 10.1. The number of thiophene rings is 1. The molecule has 6 aromatic heterocycles. The molecule has 0 aliphatic carbocycles. The van der Waals surface area contributed by atoms with Crippen LogP contribution in [0.3, 0.4) is 0 Å². The van der Waals surface area contributed by atoms with Gasteiger partial charge in [0.05, 0.1) is 46.7 Å². The Morgan fingerprint density at radius 1 is 1.03 bits per heavy atom. The van der Waals surface area contributed by atoms with Crippen LogP contribution in [-0.4, -0.2) is 36.0 Å². The fourth-order valence-electron chi connectivity index (χ4n) is 4.01. The number of pyridine rings is 3. The Balaban J connectivity index is 1.43. The normalized spacial score (nSPS) is 11.4. The third-order valence-electron chi connectivity index (χ3n) is 5.73. The van der Waals surface area contributed by atoms with E-state index in [1.165, 1.54) is 6.07 Å². The molecule has 8 nitrogen and oxygen atoms in total. The maximum atomic E-state index is 13.6. The molecule has 10 heteroatoms. The molecular formula is C25H18FN7OS. The van der Waals surface area contributed by atoms with Crippen LogP contribution in [0.25, 0.3) is 54.9 Å². The number of carbonyl (C=O) groups excluding carboxylic acids is 1. The summed E-state index contributed by atoms with van der Waals surface area (Å²) in [4.78, 5) is 29.1. The second-order valence-corrected chi connectivity index (χ2v) is 9.02. The van der Waals surface area contributed by atoms with Crippen molar-refractivity contribution in [2.24, 2.45) is 0 Å². The second kappa shape index (κ2) is 8.41. The van der Waals surface area contributed by atoms with Gasteiger partial charge in [-0.2, -0.15) is 9.49 Å². The van der Waals surface area contributed by atoms with Gasteiger partial charge in [-0.3, -0.25) is 24.8 Å². The lowest BCUT2D eigenvalue weighted by Crippen LogP contribution is -2.09. The summed E-state index contributed by atoms with van der Waals surface area (Å²) < 4.78 is 13.6. The molecule has 3 N–H and O–H groups in total. The largest absolute Gasteiger partial charge is 0.352 e. The number of halogens is 1. The Morgan fingerprint density at radius 2 is 1.91 bits per heavy atom. The highest BCUT2D eigenvalue weighted by molar-refractivity contribution is 7.14. The molecule has 0 fully saturated rings. The molecule has 172 valence electrons. The maximum absolute atomic E-state index is 13.6. The third kappa shape index (κ3) is 3.83. The van der Waals surface area contributed by atoms with Gasteiger partial charge < -0.3 is 10.3 Å². The first-order valence-corrected chi connectivity index (χ1v) is 11.7. The Hall–Kier alpha value is -4.44. The first kappa shape index (κ1) is 21.1. The van der Waals surface area contributed by atoms with Crippen LogP contribution < -0.4 is 5.32 Å². The number of anilines is 1. The molecule has 0 aliphatic rings. The van der Waals surface area contributed by atoms with E-state index in [2.05, 4.69) is 35.5 Å². The average molecular weight is 484 g/mol. The van der Waals surface area contributed by atoms with Crippen molar-refractivity contribution in [2.75, 3.05) is 5.32 Å². The van der Waals surface area contributed by atoms with Crippen molar-refractivity contribution in [1.82, 2.24) is 30.1 Å². The average Bonchev–Trinajstić information content (AvgIpc) is 3.61. The van der Waals surface area contributed by atoms with Gasteiger partial charge >= 0.3 is 0 Å². The number of nitrogens with one attached hydrogen (secondary N) is 3. The summed E-state index contributed by atoms with van der Waals surface area (Å²) in [5, 5.41) is 12.0. The van der Waals surface area contributed by atoms with E-state index in [1.54, 1.807) is 44.0 Å². The van der Waals surface area contributed by atoms with E-state index in [0.29, 0.717) is 17.8 Å². The number of aromatic nitrogens is 6. The van der Waals surface area contributed by atoms with Gasteiger partial charge in [-0.15, -0.1) is 11.3 Å². The summed E-state index contributed by atoms with van der Waals surface area (Å²) in [7, 11) is 0. The van der Waals surface area contributed by atoms with Crippen LogP contribution in [0.4, 0.5) is 10.1 Å². The molecule has 6 rings (SSSR count). The van der Waals surface area contributed by atoms with Crippen LogP contribution in [-0.2, 0) is 4.79 Å². The number of rotatable bonds is 5. The summed E-state index contributed by atoms with van der Waals surface area (Å²) in [6, 6.07) is 9.00. The van der Waals surface area contributed by atoms with Gasteiger partial charge in [0.25, 0.3) is 0 Å². The van der Waals surface area contributed by atoms with Gasteiger partial charge in [-0.1, -0.05) is 6.92 Å². The van der Waals surface area contributed by atoms with Crippen LogP contribution >= 0.6 is 11.3 Å². The summed E-state index contributed by atoms with van der Waals surface area (Å²) in [6.45, 7) is 1.80. The number of aromatic amines is 2. The Bertz CT molecular complexity index is 1720. The molecule has 0 saturated carbocycles. The summed E-state index contributed by atoms with van der Waals surface area (Å²) in [6.07, 6.45) is 8.91. The maximum Gasteiger partial charge on any atom is 0.224 e. The van der Waals surface area contributed by atoms with Gasteiger partial charge in [-0.25, -0.2) is 0 Å². The van der Waals surface area contributed by atoms with Crippen LogP contribution in [0.2, 0.25) is 0 Å². The minimum Gasteiger partial charge on any atom is -0.352 e. The van der Waals surface area contributed by atoms with Gasteiger partial charge in [0.2, 0.25) is 5.91 Å². The Labute approximate surface area is 202 Å². The SMILES string of the molecule is CCC(=O)Nc1cncc(-c2cc3c(-c4cc5c(-c6ccc(F)s6)cncc5[nH]4)n[nH]c3cn2)c1. The fourth-order valence-corrected chi connectivity index (χ4v) is 4.77. The van der Waals surface area contributed by atoms with Crippen LogP contribution in [0.15, 0.2) is 61.3 Å². The smallest absolute Gasteiger partial charge is 0.224 e. The molecule has 6 aromatic rings. The third-order valence-corrected chi connectivity index (χ3v) is 6.63. The monoisotopic (exact) mass is 483 g/mol. The molecule has 0 radical (unpaired) electrons. The van der Waals surface area contributed by atoms with E-state index in [9.17, 15) is 9.18 Å². The topological polar surface area (TPSA) is 112 Å². The zero-order valence-electron chi connectivity index (χ0n) is 18.5. The van der Waals surface area contributed by atoms with E-state index in [1.807, 2.05) is 18.2 Å². The van der Waals surface area contributed by atoms with Gasteiger partial charge in [0.15, 0.2) is 5.13 Å². The van der Waals surface area contributed by atoms with Crippen molar-refractivity contribution in [3.8, 4) is 33.1 Å². The van der Waals surface area contributed by atoms with Gasteiger partial charge in [0.1, 0.15) is 5.69 Å². The van der Waals surface area contributed by atoms with Crippen molar-refractivity contribution in [1.29, 1.82) is 0 Å². The van der Waals surface area contributed by atoms with Crippen LogP contribution in [0.5, 0.6) is 0 Å². The highest BCUT2D eigenvalue weighted by atomic mass is 32.1. The summed E-state index contributed by atoms with van der Waals surface area (Å²) in [5.41, 5.74) is 6.10. The minimum absolute atomic E-state index is 0.0811. The van der Waals surface area contributed by atoms with Gasteiger partial charge in [0, 0.05) is 45.6 Å². The molecule has 6 heterocycles. The molecule has 0 aromatic carbocycles. The summed E-state index contributed by atoms with van der Waals surface area (Å²) >= 11 is 1.09. The minimum atomic E-state index is -0.237. The molecule has 0 spiro atoms. The number of hydrogen-bond acceptors (Lipinski definition) is 6. The molecule has 0 bridgehead atoms. The predicted octanol–water partition coefficient (Wildman–Crippen LogP) is 5.78. The fraction of sp³-hybridized carbons (Fsp3) is 0.0800. The number of H-pyrrole nitrogens is 2. The van der Waals surface area contributed by atoms with Crippen LogP contribution in [0.1, 0.15) is 13.3 Å². The Morgan fingerprint density at radius 3 is 2.74 bits per heavy atom. The molecule has 0 saturated heterocycles. The van der Waals surface area contributed by atoms with E-state index in [-0.39, 0.29) is 11.0 Å². The van der Waals surface area contributed by atoms with E-state index < -0.39 is 0 Å².